The monoisotopic (exact) mass is 719 g/mol. The number of aliphatic hydroxyl groups excluding tert-OH is 1. The fourth-order valence-corrected chi connectivity index (χ4v) is 7.97. The number of amides is 3. The molecule has 0 saturated carbocycles. The van der Waals surface area contributed by atoms with Gasteiger partial charge in [0.05, 0.1) is 24.6 Å². The van der Waals surface area contributed by atoms with Crippen LogP contribution in [-0.4, -0.2) is 83.3 Å². The van der Waals surface area contributed by atoms with E-state index in [2.05, 4.69) is 30.6 Å². The minimum Gasteiger partial charge on any atom is -0.462 e. The molecule has 4 atom stereocenters. The smallest absolute Gasteiger partial charge is 0.407 e. The number of benzene rings is 3. The second-order valence-electron chi connectivity index (χ2n) is 14.1. The first-order valence-corrected chi connectivity index (χ1v) is 18.6. The maximum absolute atomic E-state index is 13.9. The number of hydrogen-bond donors (Lipinski definition) is 2. The minimum absolute atomic E-state index is 0.0137. The molecule has 4 unspecified atom stereocenters. The number of ether oxygens (including phenoxy) is 2. The van der Waals surface area contributed by atoms with Gasteiger partial charge < -0.3 is 29.7 Å². The Morgan fingerprint density at radius 3 is 2.21 bits per heavy atom. The third-order valence-electron chi connectivity index (χ3n) is 10.8. The van der Waals surface area contributed by atoms with Gasteiger partial charge in [-0.3, -0.25) is 9.59 Å². The summed E-state index contributed by atoms with van der Waals surface area (Å²) < 4.78 is 11.4. The summed E-state index contributed by atoms with van der Waals surface area (Å²) in [5.41, 5.74) is 6.57. The second-order valence-corrected chi connectivity index (χ2v) is 14.1. The van der Waals surface area contributed by atoms with E-state index in [0.717, 1.165) is 39.8 Å². The molecule has 53 heavy (non-hydrogen) atoms. The van der Waals surface area contributed by atoms with Crippen molar-refractivity contribution in [3.63, 3.8) is 0 Å². The van der Waals surface area contributed by atoms with E-state index in [1.807, 2.05) is 60.7 Å². The van der Waals surface area contributed by atoms with Crippen molar-refractivity contribution in [2.24, 2.45) is 5.92 Å². The predicted octanol–water partition coefficient (Wildman–Crippen LogP) is 5.92. The van der Waals surface area contributed by atoms with Crippen LogP contribution in [0.4, 0.5) is 4.79 Å². The number of hydrogen-bond acceptors (Lipinski definition) is 7. The van der Waals surface area contributed by atoms with Crippen LogP contribution < -0.4 is 5.32 Å². The van der Waals surface area contributed by atoms with Crippen LogP contribution in [0.15, 0.2) is 98.1 Å². The Hall–Kier alpha value is -5.22. The molecule has 2 aliphatic heterocycles. The molecule has 10 nitrogen and oxygen atoms in total. The van der Waals surface area contributed by atoms with Crippen LogP contribution in [0.25, 0.3) is 11.1 Å². The largest absolute Gasteiger partial charge is 0.462 e. The summed E-state index contributed by atoms with van der Waals surface area (Å²) >= 11 is 0. The van der Waals surface area contributed by atoms with Crippen molar-refractivity contribution in [1.29, 1.82) is 0 Å². The molecule has 3 aliphatic rings. The molecular weight excluding hydrogens is 670 g/mol. The van der Waals surface area contributed by atoms with Crippen molar-refractivity contribution in [3.05, 3.63) is 120 Å². The van der Waals surface area contributed by atoms with Gasteiger partial charge >= 0.3 is 12.1 Å². The van der Waals surface area contributed by atoms with Gasteiger partial charge in [-0.05, 0) is 71.9 Å². The molecule has 1 fully saturated rings. The molecule has 3 aromatic carbocycles. The third-order valence-corrected chi connectivity index (χ3v) is 10.8. The SMILES string of the molecule is C=CCCC(NC(=O)OCC1c2ccccc2-c2ccccc21)C(=O)OCC1CCCN1C(=O)C(CC=C)CC(=O)N1Cc2ccccc2CC1CO. The second kappa shape index (κ2) is 17.5. The van der Waals surface area contributed by atoms with Gasteiger partial charge in [0, 0.05) is 25.4 Å². The quantitative estimate of drug-likeness (QED) is 0.148. The van der Waals surface area contributed by atoms with Crippen LogP contribution in [0, 0.1) is 5.92 Å². The number of fused-ring (bicyclic) bond motifs is 4. The molecule has 0 bridgehead atoms. The number of rotatable bonds is 15. The number of allylic oxidation sites excluding steroid dienone is 2. The van der Waals surface area contributed by atoms with Gasteiger partial charge in [0.25, 0.3) is 0 Å². The van der Waals surface area contributed by atoms with Crippen molar-refractivity contribution < 1.29 is 33.8 Å². The first kappa shape index (κ1) is 37.5. The highest BCUT2D eigenvalue weighted by molar-refractivity contribution is 5.87. The molecule has 0 aromatic heterocycles. The van der Waals surface area contributed by atoms with Crippen molar-refractivity contribution in [3.8, 4) is 11.1 Å². The Balaban J connectivity index is 1.04. The van der Waals surface area contributed by atoms with Crippen LogP contribution in [-0.2, 0) is 36.8 Å². The van der Waals surface area contributed by atoms with Crippen LogP contribution in [0.3, 0.4) is 0 Å². The fraction of sp³-hybridized carbons (Fsp3) is 0.395. The maximum Gasteiger partial charge on any atom is 0.407 e. The van der Waals surface area contributed by atoms with Crippen LogP contribution >= 0.6 is 0 Å². The number of nitrogens with zero attached hydrogens (tertiary/aromatic N) is 2. The molecule has 3 amide bonds. The number of esters is 1. The minimum atomic E-state index is -0.963. The molecule has 2 heterocycles. The highest BCUT2D eigenvalue weighted by Crippen LogP contribution is 2.44. The normalized spacial score (nSPS) is 18.6. The Morgan fingerprint density at radius 2 is 1.53 bits per heavy atom. The Labute approximate surface area is 311 Å². The first-order valence-electron chi connectivity index (χ1n) is 18.6. The number of likely N-dealkylation sites (tertiary alicyclic amines) is 1. The standard InChI is InChI=1S/C43H49N3O7/c1-3-5-21-39(44-43(51)53-28-38-36-19-10-8-17-34(36)35-18-9-11-20-37(35)38)42(50)52-27-32-16-12-22-45(32)41(49)30(13-4-2)24-40(48)46-25-31-15-7-6-14-29(31)23-33(46)26-47/h3-4,6-11,14-15,17-20,30,32-33,38-39,47H,1-2,5,12-13,16,21-28H2,(H,44,51). The molecule has 1 aliphatic carbocycles. The third kappa shape index (κ3) is 8.54. The lowest BCUT2D eigenvalue weighted by Gasteiger charge is -2.37. The number of nitrogens with one attached hydrogen (secondary N) is 1. The average molecular weight is 720 g/mol. The van der Waals surface area contributed by atoms with Gasteiger partial charge in [0.2, 0.25) is 11.8 Å². The van der Waals surface area contributed by atoms with E-state index < -0.39 is 24.0 Å². The zero-order chi connectivity index (χ0) is 37.3. The number of alkyl carbamates (subject to hydrolysis) is 1. The highest BCUT2D eigenvalue weighted by Gasteiger charge is 2.37. The lowest BCUT2D eigenvalue weighted by molar-refractivity contribution is -0.151. The van der Waals surface area contributed by atoms with Gasteiger partial charge in [0.15, 0.2) is 0 Å². The molecule has 10 heteroatoms. The summed E-state index contributed by atoms with van der Waals surface area (Å²) in [4.78, 5) is 57.5. The summed E-state index contributed by atoms with van der Waals surface area (Å²) in [5, 5.41) is 12.8. The Bertz CT molecular complexity index is 1780. The van der Waals surface area contributed by atoms with E-state index >= 15 is 0 Å². The summed E-state index contributed by atoms with van der Waals surface area (Å²) in [6, 6.07) is 22.4. The van der Waals surface area contributed by atoms with E-state index in [1.54, 1.807) is 22.0 Å². The molecule has 6 rings (SSSR count). The van der Waals surface area contributed by atoms with E-state index in [4.69, 9.17) is 9.47 Å². The molecule has 278 valence electrons. The zero-order valence-electron chi connectivity index (χ0n) is 30.2. The van der Waals surface area contributed by atoms with Gasteiger partial charge in [0.1, 0.15) is 19.3 Å². The van der Waals surface area contributed by atoms with Crippen molar-refractivity contribution in [1.82, 2.24) is 15.1 Å². The predicted molar refractivity (Wildman–Crippen MR) is 202 cm³/mol. The van der Waals surface area contributed by atoms with E-state index in [-0.39, 0.29) is 62.5 Å². The molecule has 0 radical (unpaired) electrons. The van der Waals surface area contributed by atoms with Crippen molar-refractivity contribution >= 4 is 23.9 Å². The van der Waals surface area contributed by atoms with Gasteiger partial charge in [-0.2, -0.15) is 0 Å². The molecular formula is C43H49N3O7. The zero-order valence-corrected chi connectivity index (χ0v) is 30.2. The van der Waals surface area contributed by atoms with Crippen LogP contribution in [0.5, 0.6) is 0 Å². The van der Waals surface area contributed by atoms with Crippen molar-refractivity contribution in [2.75, 3.05) is 26.4 Å². The van der Waals surface area contributed by atoms with Gasteiger partial charge in [-0.15, -0.1) is 13.2 Å². The van der Waals surface area contributed by atoms with Crippen LogP contribution in [0.1, 0.15) is 66.7 Å². The summed E-state index contributed by atoms with van der Waals surface area (Å²) in [5.74, 6) is -1.74. The first-order chi connectivity index (χ1) is 25.8. The van der Waals surface area contributed by atoms with Gasteiger partial charge in [-0.1, -0.05) is 84.9 Å². The van der Waals surface area contributed by atoms with E-state index in [1.165, 1.54) is 0 Å². The van der Waals surface area contributed by atoms with E-state index in [9.17, 15) is 24.3 Å². The van der Waals surface area contributed by atoms with E-state index in [0.29, 0.717) is 38.8 Å². The molecule has 3 aromatic rings. The molecule has 0 spiro atoms. The molecule has 1 saturated heterocycles. The topological polar surface area (TPSA) is 125 Å². The lowest BCUT2D eigenvalue weighted by atomic mass is 9.92. The highest BCUT2D eigenvalue weighted by atomic mass is 16.6. The number of aliphatic hydroxyl groups is 1. The fourth-order valence-electron chi connectivity index (χ4n) is 7.97. The Morgan fingerprint density at radius 1 is 0.849 bits per heavy atom. The lowest BCUT2D eigenvalue weighted by Crippen LogP contribution is -2.48. The molecule has 2 N–H and O–H groups in total. The maximum atomic E-state index is 13.9. The summed E-state index contributed by atoms with van der Waals surface area (Å²) in [7, 11) is 0. The van der Waals surface area contributed by atoms with Crippen molar-refractivity contribution in [2.45, 2.75) is 75.5 Å². The summed E-state index contributed by atoms with van der Waals surface area (Å²) in [6.07, 6.45) is 5.58. The summed E-state index contributed by atoms with van der Waals surface area (Å²) in [6.45, 7) is 8.37. The average Bonchev–Trinajstić information content (AvgIpc) is 3.79. The number of carbonyl (C=O) groups excluding carboxylic acids is 4. The van der Waals surface area contributed by atoms with Crippen LogP contribution in [0.2, 0.25) is 0 Å². The van der Waals surface area contributed by atoms with Gasteiger partial charge in [-0.25, -0.2) is 9.59 Å². The Kier molecular flexibility index (Phi) is 12.4. The number of carbonyl (C=O) groups is 4.